The van der Waals surface area contributed by atoms with Gasteiger partial charge in [-0.1, -0.05) is 36.3 Å². The first-order chi connectivity index (χ1) is 11.1. The van der Waals surface area contributed by atoms with Gasteiger partial charge in [-0.2, -0.15) is 4.98 Å². The fourth-order valence-electron chi connectivity index (χ4n) is 2.34. The van der Waals surface area contributed by atoms with Crippen molar-refractivity contribution in [3.05, 3.63) is 47.1 Å². The molecule has 0 saturated heterocycles. The number of benzene rings is 1. The van der Waals surface area contributed by atoms with Crippen LogP contribution in [0.1, 0.15) is 29.8 Å². The minimum Gasteiger partial charge on any atom is -0.356 e. The lowest BCUT2D eigenvalue weighted by Crippen LogP contribution is -2.39. The van der Waals surface area contributed by atoms with Crippen LogP contribution in [-0.2, 0) is 19.4 Å². The first-order valence-corrected chi connectivity index (χ1v) is 7.91. The first-order valence-electron chi connectivity index (χ1n) is 7.91. The summed E-state index contributed by atoms with van der Waals surface area (Å²) >= 11 is 0. The SMILES string of the molecule is CCc1ccc(CN(C)C(=NC)NCCc2nc(C)no2)cc1.I. The molecule has 132 valence electrons. The maximum Gasteiger partial charge on any atom is 0.228 e. The lowest BCUT2D eigenvalue weighted by Gasteiger charge is -2.22. The standard InChI is InChI=1S/C17H25N5O.HI/c1-5-14-6-8-15(9-7-14)12-22(4)17(18-3)19-11-10-16-20-13(2)21-23-16;/h6-9H,5,10-12H2,1-4H3,(H,18,19);1H. The van der Waals surface area contributed by atoms with Crippen LogP contribution in [0.3, 0.4) is 0 Å². The third-order valence-corrected chi connectivity index (χ3v) is 3.62. The molecule has 0 unspecified atom stereocenters. The molecule has 0 aliphatic heterocycles. The van der Waals surface area contributed by atoms with E-state index in [9.17, 15) is 0 Å². The number of hydrogen-bond acceptors (Lipinski definition) is 4. The highest BCUT2D eigenvalue weighted by Crippen LogP contribution is 2.07. The van der Waals surface area contributed by atoms with Crippen molar-refractivity contribution in [2.75, 3.05) is 20.6 Å². The van der Waals surface area contributed by atoms with E-state index in [0.717, 1.165) is 18.9 Å². The second-order valence-electron chi connectivity index (χ2n) is 5.49. The number of nitrogens with zero attached hydrogens (tertiary/aromatic N) is 4. The van der Waals surface area contributed by atoms with Crippen LogP contribution in [0.25, 0.3) is 0 Å². The van der Waals surface area contributed by atoms with Crippen LogP contribution in [0.15, 0.2) is 33.8 Å². The zero-order valence-electron chi connectivity index (χ0n) is 14.7. The summed E-state index contributed by atoms with van der Waals surface area (Å²) in [5.74, 6) is 2.15. The maximum absolute atomic E-state index is 5.10. The molecule has 0 atom stereocenters. The van der Waals surface area contributed by atoms with E-state index in [0.29, 0.717) is 24.7 Å². The summed E-state index contributed by atoms with van der Waals surface area (Å²) in [7, 11) is 3.82. The second-order valence-corrected chi connectivity index (χ2v) is 5.49. The number of aliphatic imine (C=N–C) groups is 1. The Morgan fingerprint density at radius 3 is 2.46 bits per heavy atom. The van der Waals surface area contributed by atoms with Gasteiger partial charge in [-0.15, -0.1) is 24.0 Å². The topological polar surface area (TPSA) is 66.5 Å². The summed E-state index contributed by atoms with van der Waals surface area (Å²) in [6.07, 6.45) is 1.74. The molecular weight excluding hydrogens is 417 g/mol. The quantitative estimate of drug-likeness (QED) is 0.423. The molecule has 0 radical (unpaired) electrons. The summed E-state index contributed by atoms with van der Waals surface area (Å²) in [4.78, 5) is 10.6. The molecular formula is C17H26IN5O. The molecule has 0 spiro atoms. The Bertz CT molecular complexity index is 639. The van der Waals surface area contributed by atoms with E-state index in [1.54, 1.807) is 7.05 Å². The molecule has 2 rings (SSSR count). The Balaban J connectivity index is 0.00000288. The smallest absolute Gasteiger partial charge is 0.228 e. The van der Waals surface area contributed by atoms with Gasteiger partial charge < -0.3 is 14.7 Å². The van der Waals surface area contributed by atoms with Crippen molar-refractivity contribution in [2.24, 2.45) is 4.99 Å². The Morgan fingerprint density at radius 1 is 1.25 bits per heavy atom. The zero-order valence-corrected chi connectivity index (χ0v) is 17.1. The van der Waals surface area contributed by atoms with E-state index in [4.69, 9.17) is 4.52 Å². The number of halogens is 1. The Morgan fingerprint density at radius 2 is 1.92 bits per heavy atom. The Hall–Kier alpha value is -1.64. The molecule has 1 N–H and O–H groups in total. The van der Waals surface area contributed by atoms with Crippen molar-refractivity contribution < 1.29 is 4.52 Å². The van der Waals surface area contributed by atoms with Gasteiger partial charge in [0.25, 0.3) is 0 Å². The van der Waals surface area contributed by atoms with E-state index < -0.39 is 0 Å². The normalized spacial score (nSPS) is 11.1. The highest BCUT2D eigenvalue weighted by atomic mass is 127. The average Bonchev–Trinajstić information content (AvgIpc) is 2.97. The van der Waals surface area contributed by atoms with Crippen LogP contribution in [-0.4, -0.2) is 41.6 Å². The van der Waals surface area contributed by atoms with E-state index in [1.165, 1.54) is 11.1 Å². The Kier molecular flexibility index (Phi) is 8.73. The molecule has 7 heteroatoms. The van der Waals surface area contributed by atoms with E-state index in [2.05, 4.69) is 56.5 Å². The van der Waals surface area contributed by atoms with E-state index in [1.807, 2.05) is 14.0 Å². The van der Waals surface area contributed by atoms with Crippen molar-refractivity contribution >= 4 is 29.9 Å². The van der Waals surface area contributed by atoms with Gasteiger partial charge in [0, 0.05) is 33.6 Å². The molecule has 0 aliphatic carbocycles. The molecule has 0 aliphatic rings. The maximum atomic E-state index is 5.10. The van der Waals surface area contributed by atoms with Crippen molar-refractivity contribution in [3.63, 3.8) is 0 Å². The van der Waals surface area contributed by atoms with Crippen molar-refractivity contribution in [1.82, 2.24) is 20.4 Å². The van der Waals surface area contributed by atoms with Crippen LogP contribution < -0.4 is 5.32 Å². The highest BCUT2D eigenvalue weighted by Gasteiger charge is 2.08. The number of guanidine groups is 1. The largest absolute Gasteiger partial charge is 0.356 e. The molecule has 0 fully saturated rings. The summed E-state index contributed by atoms with van der Waals surface area (Å²) in [5, 5.41) is 7.10. The van der Waals surface area contributed by atoms with Gasteiger partial charge in [0.1, 0.15) is 0 Å². The first kappa shape index (κ1) is 20.4. The molecule has 6 nitrogen and oxygen atoms in total. The lowest BCUT2D eigenvalue weighted by atomic mass is 10.1. The highest BCUT2D eigenvalue weighted by molar-refractivity contribution is 14.0. The van der Waals surface area contributed by atoms with Crippen LogP contribution in [0.2, 0.25) is 0 Å². The van der Waals surface area contributed by atoms with Crippen molar-refractivity contribution in [1.29, 1.82) is 0 Å². The Labute approximate surface area is 160 Å². The summed E-state index contributed by atoms with van der Waals surface area (Å²) in [5.41, 5.74) is 2.62. The van der Waals surface area contributed by atoms with E-state index in [-0.39, 0.29) is 24.0 Å². The average molecular weight is 443 g/mol. The summed E-state index contributed by atoms with van der Waals surface area (Å²) in [6.45, 7) is 5.49. The number of aryl methyl sites for hydroxylation is 2. The summed E-state index contributed by atoms with van der Waals surface area (Å²) < 4.78 is 5.10. The third-order valence-electron chi connectivity index (χ3n) is 3.62. The predicted octanol–water partition coefficient (Wildman–Crippen LogP) is 2.81. The van der Waals surface area contributed by atoms with Crippen LogP contribution in [0.5, 0.6) is 0 Å². The van der Waals surface area contributed by atoms with E-state index >= 15 is 0 Å². The van der Waals surface area contributed by atoms with Crippen LogP contribution >= 0.6 is 24.0 Å². The van der Waals surface area contributed by atoms with Crippen molar-refractivity contribution in [2.45, 2.75) is 33.2 Å². The second kappa shape index (κ2) is 10.3. The fraction of sp³-hybridized carbons (Fsp3) is 0.471. The molecule has 2 aromatic rings. The molecule has 0 amide bonds. The van der Waals surface area contributed by atoms with Crippen molar-refractivity contribution in [3.8, 4) is 0 Å². The number of aromatic nitrogens is 2. The predicted molar refractivity (Wildman–Crippen MR) is 107 cm³/mol. The molecule has 1 aromatic heterocycles. The number of nitrogens with one attached hydrogen (secondary N) is 1. The number of rotatable bonds is 6. The fourth-order valence-corrected chi connectivity index (χ4v) is 2.34. The minimum atomic E-state index is 0. The zero-order chi connectivity index (χ0) is 16.7. The van der Waals surface area contributed by atoms with Crippen LogP contribution in [0, 0.1) is 6.92 Å². The third kappa shape index (κ3) is 6.10. The molecule has 1 aromatic carbocycles. The summed E-state index contributed by atoms with van der Waals surface area (Å²) in [6, 6.07) is 8.70. The van der Waals surface area contributed by atoms with Gasteiger partial charge in [0.2, 0.25) is 5.89 Å². The number of hydrogen-bond donors (Lipinski definition) is 1. The monoisotopic (exact) mass is 443 g/mol. The van der Waals surface area contributed by atoms with Gasteiger partial charge >= 0.3 is 0 Å². The molecule has 24 heavy (non-hydrogen) atoms. The van der Waals surface area contributed by atoms with Gasteiger partial charge in [-0.3, -0.25) is 4.99 Å². The molecule has 1 heterocycles. The lowest BCUT2D eigenvalue weighted by molar-refractivity contribution is 0.373. The van der Waals surface area contributed by atoms with Gasteiger partial charge in [0.15, 0.2) is 11.8 Å². The van der Waals surface area contributed by atoms with Crippen LogP contribution in [0.4, 0.5) is 0 Å². The van der Waals surface area contributed by atoms with Gasteiger partial charge in [0.05, 0.1) is 0 Å². The molecule has 0 bridgehead atoms. The van der Waals surface area contributed by atoms with Gasteiger partial charge in [-0.05, 0) is 24.5 Å². The minimum absolute atomic E-state index is 0. The molecule has 0 saturated carbocycles. The van der Waals surface area contributed by atoms with Gasteiger partial charge in [-0.25, -0.2) is 0 Å².